The smallest absolute Gasteiger partial charge is 0.117 e. The summed E-state index contributed by atoms with van der Waals surface area (Å²) in [5, 5.41) is 12.6. The van der Waals surface area contributed by atoms with Crippen LogP contribution in [0.25, 0.3) is 0 Å². The zero-order valence-corrected chi connectivity index (χ0v) is 10.0. The van der Waals surface area contributed by atoms with Gasteiger partial charge in [-0.15, -0.1) is 0 Å². The SMILES string of the molecule is CCc1ccc(CNCCC(O)COC)o1. The molecule has 1 atom stereocenters. The number of hydrogen-bond donors (Lipinski definition) is 2. The predicted octanol–water partition coefficient (Wildman–Crippen LogP) is 1.33. The summed E-state index contributed by atoms with van der Waals surface area (Å²) in [5.74, 6) is 1.95. The van der Waals surface area contributed by atoms with Crippen LogP contribution in [-0.2, 0) is 17.7 Å². The minimum Gasteiger partial charge on any atom is -0.465 e. The standard InChI is InChI=1S/C12H21NO3/c1-3-11-4-5-12(16-11)8-13-7-6-10(14)9-15-2/h4-5,10,13-14H,3,6-9H2,1-2H3. The van der Waals surface area contributed by atoms with Crippen molar-refractivity contribution in [1.82, 2.24) is 5.32 Å². The zero-order valence-electron chi connectivity index (χ0n) is 10.0. The molecule has 0 aliphatic heterocycles. The maximum Gasteiger partial charge on any atom is 0.117 e. The van der Waals surface area contributed by atoms with Gasteiger partial charge in [-0.2, -0.15) is 0 Å². The number of nitrogens with one attached hydrogen (secondary N) is 1. The summed E-state index contributed by atoms with van der Waals surface area (Å²) in [4.78, 5) is 0. The Morgan fingerprint density at radius 2 is 2.19 bits per heavy atom. The molecule has 0 amide bonds. The molecule has 0 saturated heterocycles. The normalized spacial score (nSPS) is 12.9. The van der Waals surface area contributed by atoms with Gasteiger partial charge >= 0.3 is 0 Å². The van der Waals surface area contributed by atoms with E-state index in [0.29, 0.717) is 19.6 Å². The van der Waals surface area contributed by atoms with Gasteiger partial charge in [-0.1, -0.05) is 6.92 Å². The van der Waals surface area contributed by atoms with Crippen molar-refractivity contribution in [3.63, 3.8) is 0 Å². The van der Waals surface area contributed by atoms with Crippen LogP contribution in [0.15, 0.2) is 16.5 Å². The van der Waals surface area contributed by atoms with Crippen LogP contribution in [0, 0.1) is 0 Å². The third kappa shape index (κ3) is 4.79. The number of methoxy groups -OCH3 is 1. The topological polar surface area (TPSA) is 54.6 Å². The molecule has 1 aromatic rings. The van der Waals surface area contributed by atoms with Crippen LogP contribution in [0.2, 0.25) is 0 Å². The Balaban J connectivity index is 2.11. The Kier molecular flexibility index (Phi) is 6.15. The number of ether oxygens (including phenoxy) is 1. The Hall–Kier alpha value is -0.840. The van der Waals surface area contributed by atoms with E-state index in [0.717, 1.165) is 24.5 Å². The lowest BCUT2D eigenvalue weighted by Crippen LogP contribution is -2.22. The van der Waals surface area contributed by atoms with Crippen molar-refractivity contribution in [2.24, 2.45) is 0 Å². The minimum absolute atomic E-state index is 0.389. The molecule has 4 heteroatoms. The third-order valence-electron chi connectivity index (χ3n) is 2.38. The molecule has 2 N–H and O–H groups in total. The largest absolute Gasteiger partial charge is 0.465 e. The molecule has 1 aromatic heterocycles. The number of aliphatic hydroxyl groups is 1. The second-order valence-corrected chi connectivity index (χ2v) is 3.80. The number of hydrogen-bond acceptors (Lipinski definition) is 4. The van der Waals surface area contributed by atoms with Gasteiger partial charge in [0.05, 0.1) is 19.3 Å². The number of rotatable bonds is 8. The van der Waals surface area contributed by atoms with E-state index in [4.69, 9.17) is 9.15 Å². The van der Waals surface area contributed by atoms with Crippen molar-refractivity contribution in [2.45, 2.75) is 32.4 Å². The van der Waals surface area contributed by atoms with Crippen molar-refractivity contribution in [1.29, 1.82) is 0 Å². The molecular formula is C12H21NO3. The second kappa shape index (κ2) is 7.44. The Morgan fingerprint density at radius 1 is 1.44 bits per heavy atom. The van der Waals surface area contributed by atoms with Crippen molar-refractivity contribution in [3.05, 3.63) is 23.7 Å². The first-order valence-corrected chi connectivity index (χ1v) is 5.71. The fourth-order valence-corrected chi connectivity index (χ4v) is 1.46. The van der Waals surface area contributed by atoms with E-state index in [1.165, 1.54) is 0 Å². The summed E-state index contributed by atoms with van der Waals surface area (Å²) >= 11 is 0. The lowest BCUT2D eigenvalue weighted by atomic mass is 10.2. The van der Waals surface area contributed by atoms with Crippen LogP contribution in [0.4, 0.5) is 0 Å². The highest BCUT2D eigenvalue weighted by Crippen LogP contribution is 2.07. The lowest BCUT2D eigenvalue weighted by Gasteiger charge is -2.09. The van der Waals surface area contributed by atoms with Crippen LogP contribution < -0.4 is 5.32 Å². The molecule has 0 bridgehead atoms. The Labute approximate surface area is 96.6 Å². The molecule has 92 valence electrons. The summed E-state index contributed by atoms with van der Waals surface area (Å²) in [6.07, 6.45) is 1.22. The van der Waals surface area contributed by atoms with Crippen molar-refractivity contribution >= 4 is 0 Å². The van der Waals surface area contributed by atoms with Crippen molar-refractivity contribution in [2.75, 3.05) is 20.3 Å². The molecule has 16 heavy (non-hydrogen) atoms. The molecule has 0 aromatic carbocycles. The van der Waals surface area contributed by atoms with Gasteiger partial charge in [-0.05, 0) is 25.1 Å². The van der Waals surface area contributed by atoms with E-state index in [2.05, 4.69) is 12.2 Å². The fourth-order valence-electron chi connectivity index (χ4n) is 1.46. The summed E-state index contributed by atoms with van der Waals surface area (Å²) < 4.78 is 10.4. The molecule has 1 unspecified atom stereocenters. The molecule has 1 heterocycles. The van der Waals surface area contributed by atoms with E-state index in [9.17, 15) is 5.11 Å². The van der Waals surface area contributed by atoms with E-state index >= 15 is 0 Å². The maximum atomic E-state index is 9.40. The first-order chi connectivity index (χ1) is 7.76. The predicted molar refractivity (Wildman–Crippen MR) is 62.3 cm³/mol. The summed E-state index contributed by atoms with van der Waals surface area (Å²) in [6, 6.07) is 3.98. The van der Waals surface area contributed by atoms with Gasteiger partial charge in [0.1, 0.15) is 11.5 Å². The molecule has 0 spiro atoms. The highest BCUT2D eigenvalue weighted by molar-refractivity contribution is 5.06. The summed E-state index contributed by atoms with van der Waals surface area (Å²) in [5.41, 5.74) is 0. The van der Waals surface area contributed by atoms with Crippen LogP contribution >= 0.6 is 0 Å². The Bertz CT molecular complexity index is 286. The lowest BCUT2D eigenvalue weighted by molar-refractivity contribution is 0.0593. The number of furan rings is 1. The van der Waals surface area contributed by atoms with Crippen LogP contribution in [0.3, 0.4) is 0 Å². The minimum atomic E-state index is -0.389. The third-order valence-corrected chi connectivity index (χ3v) is 2.38. The van der Waals surface area contributed by atoms with Gasteiger partial charge < -0.3 is 19.6 Å². The molecule has 0 fully saturated rings. The fraction of sp³-hybridized carbons (Fsp3) is 0.667. The van der Waals surface area contributed by atoms with Crippen molar-refractivity contribution in [3.8, 4) is 0 Å². The van der Waals surface area contributed by atoms with Crippen LogP contribution in [0.1, 0.15) is 24.9 Å². The van der Waals surface area contributed by atoms with Crippen molar-refractivity contribution < 1.29 is 14.3 Å². The number of aliphatic hydroxyl groups excluding tert-OH is 1. The average molecular weight is 227 g/mol. The molecule has 0 aliphatic carbocycles. The monoisotopic (exact) mass is 227 g/mol. The molecule has 0 radical (unpaired) electrons. The second-order valence-electron chi connectivity index (χ2n) is 3.80. The van der Waals surface area contributed by atoms with Gasteiger partial charge in [0, 0.05) is 13.5 Å². The van der Waals surface area contributed by atoms with Crippen LogP contribution in [-0.4, -0.2) is 31.5 Å². The van der Waals surface area contributed by atoms with Gasteiger partial charge in [-0.3, -0.25) is 0 Å². The Morgan fingerprint density at radius 3 is 2.81 bits per heavy atom. The zero-order chi connectivity index (χ0) is 11.8. The van der Waals surface area contributed by atoms with E-state index in [-0.39, 0.29) is 6.10 Å². The molecule has 0 saturated carbocycles. The quantitative estimate of drug-likeness (QED) is 0.658. The van der Waals surface area contributed by atoms with Gasteiger partial charge in [-0.25, -0.2) is 0 Å². The highest BCUT2D eigenvalue weighted by atomic mass is 16.5. The maximum absolute atomic E-state index is 9.40. The first-order valence-electron chi connectivity index (χ1n) is 5.71. The van der Waals surface area contributed by atoms with Gasteiger partial charge in [0.15, 0.2) is 0 Å². The van der Waals surface area contributed by atoms with E-state index in [1.54, 1.807) is 7.11 Å². The molecular weight excluding hydrogens is 206 g/mol. The first kappa shape index (κ1) is 13.2. The molecule has 4 nitrogen and oxygen atoms in total. The molecule has 0 aliphatic rings. The highest BCUT2D eigenvalue weighted by Gasteiger charge is 2.03. The van der Waals surface area contributed by atoms with E-state index in [1.807, 2.05) is 12.1 Å². The van der Waals surface area contributed by atoms with Gasteiger partial charge in [0.25, 0.3) is 0 Å². The average Bonchev–Trinajstić information content (AvgIpc) is 2.73. The summed E-state index contributed by atoms with van der Waals surface area (Å²) in [6.45, 7) is 3.92. The van der Waals surface area contributed by atoms with E-state index < -0.39 is 0 Å². The summed E-state index contributed by atoms with van der Waals surface area (Å²) in [7, 11) is 1.59. The van der Waals surface area contributed by atoms with Gasteiger partial charge in [0.2, 0.25) is 0 Å². The van der Waals surface area contributed by atoms with Crippen LogP contribution in [0.5, 0.6) is 0 Å². The molecule has 1 rings (SSSR count). The number of aryl methyl sites for hydroxylation is 1.